The number of rotatable bonds is 3. The Morgan fingerprint density at radius 3 is 2.52 bits per heavy atom. The van der Waals surface area contributed by atoms with E-state index < -0.39 is 4.92 Å². The van der Waals surface area contributed by atoms with Crippen LogP contribution in [0.4, 0.5) is 10.3 Å². The number of nitro groups is 1. The minimum atomic E-state index is -0.604. The van der Waals surface area contributed by atoms with E-state index in [1.54, 1.807) is 24.5 Å². The molecule has 1 N–H and O–H groups in total. The Morgan fingerprint density at radius 1 is 1.14 bits per heavy atom. The van der Waals surface area contributed by atoms with E-state index in [0.29, 0.717) is 22.5 Å². The number of hydrogen-bond acceptors (Lipinski definition) is 4. The van der Waals surface area contributed by atoms with Crippen molar-refractivity contribution in [3.05, 3.63) is 64.7 Å². The third kappa shape index (κ3) is 2.48. The first-order valence-corrected chi connectivity index (χ1v) is 6.06. The maximum absolute atomic E-state index is 13.0. The highest BCUT2D eigenvalue weighted by atomic mass is 19.1. The van der Waals surface area contributed by atoms with Gasteiger partial charge < -0.3 is 10.1 Å². The first kappa shape index (κ1) is 12.9. The number of aromatic nitrogens is 3. The van der Waals surface area contributed by atoms with Crippen LogP contribution in [-0.4, -0.2) is 19.9 Å². The summed E-state index contributed by atoms with van der Waals surface area (Å²) in [6.07, 6.45) is 3.16. The summed E-state index contributed by atoms with van der Waals surface area (Å²) in [6, 6.07) is 9.10. The van der Waals surface area contributed by atoms with Crippen LogP contribution in [0.15, 0.2) is 48.8 Å². The van der Waals surface area contributed by atoms with Gasteiger partial charge >= 0.3 is 5.95 Å². The predicted molar refractivity (Wildman–Crippen MR) is 73.9 cm³/mol. The van der Waals surface area contributed by atoms with Crippen molar-refractivity contribution in [3.8, 4) is 22.5 Å². The van der Waals surface area contributed by atoms with E-state index in [4.69, 9.17) is 0 Å². The van der Waals surface area contributed by atoms with Gasteiger partial charge in [0.05, 0.1) is 0 Å². The minimum Gasteiger partial charge on any atom is -0.390 e. The average molecular weight is 284 g/mol. The summed E-state index contributed by atoms with van der Waals surface area (Å²) >= 11 is 0. The van der Waals surface area contributed by atoms with Crippen molar-refractivity contribution in [1.82, 2.24) is 15.0 Å². The van der Waals surface area contributed by atoms with E-state index in [0.717, 1.165) is 0 Å². The molecule has 6 nitrogen and oxygen atoms in total. The smallest absolute Gasteiger partial charge is 0.390 e. The standard InChI is InChI=1S/C14H9FN4O2/c15-11-5-3-9(4-6-11)12-13(10-2-1-7-16-8-10)18-14(17-12)19(20)21/h1-8H,(H,17,18). The Balaban J connectivity index is 2.19. The second-order valence-corrected chi connectivity index (χ2v) is 4.29. The zero-order chi connectivity index (χ0) is 14.8. The number of nitrogens with zero attached hydrogens (tertiary/aromatic N) is 3. The number of aromatic amines is 1. The van der Waals surface area contributed by atoms with Gasteiger partial charge in [0.25, 0.3) is 0 Å². The lowest BCUT2D eigenvalue weighted by Crippen LogP contribution is -1.89. The third-order valence-electron chi connectivity index (χ3n) is 2.93. The SMILES string of the molecule is O=[N+]([O-])c1nc(-c2cccnc2)c(-c2ccc(F)cc2)[nH]1. The lowest BCUT2D eigenvalue weighted by molar-refractivity contribution is -0.393. The molecule has 3 rings (SSSR count). The summed E-state index contributed by atoms with van der Waals surface area (Å²) in [5.74, 6) is -0.746. The number of benzene rings is 1. The summed E-state index contributed by atoms with van der Waals surface area (Å²) in [5, 5.41) is 10.9. The van der Waals surface area contributed by atoms with Crippen LogP contribution in [0.1, 0.15) is 0 Å². The molecule has 0 spiro atoms. The number of pyridine rings is 1. The molecule has 0 unspecified atom stereocenters. The van der Waals surface area contributed by atoms with Crippen LogP contribution < -0.4 is 0 Å². The van der Waals surface area contributed by atoms with Gasteiger partial charge in [-0.2, -0.15) is 0 Å². The molecule has 0 fully saturated rings. The lowest BCUT2D eigenvalue weighted by Gasteiger charge is -1.98. The molecule has 2 aromatic heterocycles. The lowest BCUT2D eigenvalue weighted by atomic mass is 10.1. The highest BCUT2D eigenvalue weighted by molar-refractivity contribution is 5.78. The molecule has 21 heavy (non-hydrogen) atoms. The molecule has 0 aliphatic heterocycles. The fraction of sp³-hybridized carbons (Fsp3) is 0. The molecule has 0 aliphatic carbocycles. The highest BCUT2D eigenvalue weighted by Gasteiger charge is 2.22. The van der Waals surface area contributed by atoms with Crippen LogP contribution in [-0.2, 0) is 0 Å². The summed E-state index contributed by atoms with van der Waals surface area (Å²) < 4.78 is 13.0. The Bertz CT molecular complexity index is 784. The molecule has 2 heterocycles. The molecule has 1 aromatic carbocycles. The molecule has 7 heteroatoms. The molecular formula is C14H9FN4O2. The molecule has 0 aliphatic rings. The van der Waals surface area contributed by atoms with E-state index in [-0.39, 0.29) is 11.8 Å². The van der Waals surface area contributed by atoms with Crippen molar-refractivity contribution in [1.29, 1.82) is 0 Å². The zero-order valence-electron chi connectivity index (χ0n) is 10.7. The van der Waals surface area contributed by atoms with Crippen molar-refractivity contribution >= 4 is 5.95 Å². The number of halogens is 1. The summed E-state index contributed by atoms with van der Waals surface area (Å²) in [4.78, 5) is 20.9. The first-order valence-electron chi connectivity index (χ1n) is 6.06. The number of H-pyrrole nitrogens is 1. The Hall–Kier alpha value is -3.09. The quantitative estimate of drug-likeness (QED) is 0.591. The van der Waals surface area contributed by atoms with Gasteiger partial charge in [-0.15, -0.1) is 0 Å². The number of hydrogen-bond donors (Lipinski definition) is 1. The van der Waals surface area contributed by atoms with Gasteiger partial charge in [0.15, 0.2) is 5.69 Å². The van der Waals surface area contributed by atoms with Crippen molar-refractivity contribution in [2.45, 2.75) is 0 Å². The third-order valence-corrected chi connectivity index (χ3v) is 2.93. The van der Waals surface area contributed by atoms with Gasteiger partial charge in [0.2, 0.25) is 0 Å². The van der Waals surface area contributed by atoms with Crippen molar-refractivity contribution < 1.29 is 9.31 Å². The normalized spacial score (nSPS) is 10.5. The first-order chi connectivity index (χ1) is 10.1. The minimum absolute atomic E-state index is 0.367. The van der Waals surface area contributed by atoms with Gasteiger partial charge in [0.1, 0.15) is 11.5 Å². The van der Waals surface area contributed by atoms with E-state index >= 15 is 0 Å². The van der Waals surface area contributed by atoms with E-state index in [1.807, 2.05) is 0 Å². The molecule has 0 saturated carbocycles. The predicted octanol–water partition coefficient (Wildman–Crippen LogP) is 3.19. The Morgan fingerprint density at radius 2 is 1.90 bits per heavy atom. The molecule has 0 atom stereocenters. The monoisotopic (exact) mass is 284 g/mol. The largest absolute Gasteiger partial charge is 0.433 e. The van der Waals surface area contributed by atoms with Gasteiger partial charge in [-0.3, -0.25) is 4.98 Å². The van der Waals surface area contributed by atoms with Crippen LogP contribution in [0.25, 0.3) is 22.5 Å². The topological polar surface area (TPSA) is 84.7 Å². The second-order valence-electron chi connectivity index (χ2n) is 4.29. The van der Waals surface area contributed by atoms with E-state index in [9.17, 15) is 14.5 Å². The maximum Gasteiger partial charge on any atom is 0.433 e. The van der Waals surface area contributed by atoms with Crippen LogP contribution >= 0.6 is 0 Å². The molecular weight excluding hydrogens is 275 g/mol. The van der Waals surface area contributed by atoms with Crippen molar-refractivity contribution in [2.24, 2.45) is 0 Å². The van der Waals surface area contributed by atoms with Gasteiger partial charge in [-0.1, -0.05) is 4.98 Å². The van der Waals surface area contributed by atoms with Crippen molar-refractivity contribution in [2.75, 3.05) is 0 Å². The molecule has 0 saturated heterocycles. The Labute approximate surface area is 118 Å². The van der Waals surface area contributed by atoms with Gasteiger partial charge in [-0.25, -0.2) is 9.37 Å². The summed E-state index contributed by atoms with van der Waals surface area (Å²) in [6.45, 7) is 0. The summed E-state index contributed by atoms with van der Waals surface area (Å²) in [7, 11) is 0. The Kier molecular flexibility index (Phi) is 3.15. The van der Waals surface area contributed by atoms with E-state index in [1.165, 1.54) is 24.3 Å². The zero-order valence-corrected chi connectivity index (χ0v) is 10.7. The molecule has 104 valence electrons. The fourth-order valence-electron chi connectivity index (χ4n) is 1.98. The molecule has 0 bridgehead atoms. The molecule has 3 aromatic rings. The van der Waals surface area contributed by atoms with Crippen molar-refractivity contribution in [3.63, 3.8) is 0 Å². The number of imidazole rings is 1. The average Bonchev–Trinajstić information content (AvgIpc) is 2.94. The molecule has 0 radical (unpaired) electrons. The highest BCUT2D eigenvalue weighted by Crippen LogP contribution is 2.31. The van der Waals surface area contributed by atoms with E-state index in [2.05, 4.69) is 15.0 Å². The van der Waals surface area contributed by atoms with Gasteiger partial charge in [-0.05, 0) is 41.3 Å². The fourth-order valence-corrected chi connectivity index (χ4v) is 1.98. The maximum atomic E-state index is 13.0. The van der Waals surface area contributed by atoms with Gasteiger partial charge in [0, 0.05) is 23.5 Å². The number of nitrogens with one attached hydrogen (secondary N) is 1. The molecule has 0 amide bonds. The second kappa shape index (κ2) is 5.12. The van der Waals surface area contributed by atoms with Crippen LogP contribution in [0.3, 0.4) is 0 Å². The van der Waals surface area contributed by atoms with Crippen LogP contribution in [0.5, 0.6) is 0 Å². The van der Waals surface area contributed by atoms with Crippen LogP contribution in [0.2, 0.25) is 0 Å². The van der Waals surface area contributed by atoms with Crippen LogP contribution in [0, 0.1) is 15.9 Å². The summed E-state index contributed by atoms with van der Waals surface area (Å²) in [5.41, 5.74) is 2.10.